The first-order chi connectivity index (χ1) is 11.4. The molecule has 24 heavy (non-hydrogen) atoms. The summed E-state index contributed by atoms with van der Waals surface area (Å²) >= 11 is 0. The molecule has 1 fully saturated rings. The van der Waals surface area contributed by atoms with E-state index in [1.807, 2.05) is 0 Å². The first-order valence-corrected chi connectivity index (χ1v) is 9.77. The third-order valence-electron chi connectivity index (χ3n) is 4.17. The fourth-order valence-electron chi connectivity index (χ4n) is 2.81. The fraction of sp³-hybridized carbons (Fsp3) is 0.529. The van der Waals surface area contributed by atoms with Gasteiger partial charge in [-0.15, -0.1) is 0 Å². The van der Waals surface area contributed by atoms with Crippen LogP contribution in [0.3, 0.4) is 0 Å². The summed E-state index contributed by atoms with van der Waals surface area (Å²) in [5.74, 6) is -0.332. The predicted molar refractivity (Wildman–Crippen MR) is 91.3 cm³/mol. The van der Waals surface area contributed by atoms with Crippen LogP contribution in [0.5, 0.6) is 0 Å². The van der Waals surface area contributed by atoms with Crippen LogP contribution in [0, 0.1) is 0 Å². The monoisotopic (exact) mass is 352 g/mol. The second-order valence-electron chi connectivity index (χ2n) is 6.13. The zero-order valence-corrected chi connectivity index (χ0v) is 14.7. The maximum Gasteiger partial charge on any atom is 0.240 e. The van der Waals surface area contributed by atoms with E-state index in [0.29, 0.717) is 5.56 Å². The molecule has 0 bridgehead atoms. The molecule has 1 aliphatic carbocycles. The van der Waals surface area contributed by atoms with Crippen LogP contribution in [-0.4, -0.2) is 32.7 Å². The quantitative estimate of drug-likeness (QED) is 0.734. The second-order valence-corrected chi connectivity index (χ2v) is 7.90. The number of hydrogen-bond acceptors (Lipinski definition) is 4. The van der Waals surface area contributed by atoms with Crippen molar-refractivity contribution in [2.45, 2.75) is 56.4 Å². The Morgan fingerprint density at radius 2 is 1.88 bits per heavy atom. The molecule has 2 rings (SSSR count). The molecule has 1 aromatic carbocycles. The average molecular weight is 352 g/mol. The van der Waals surface area contributed by atoms with Gasteiger partial charge in [-0.05, 0) is 31.9 Å². The van der Waals surface area contributed by atoms with Crippen LogP contribution < -0.4 is 10.0 Å². The summed E-state index contributed by atoms with van der Waals surface area (Å²) in [5, 5.41) is 2.95. The molecule has 2 N–H and O–H groups in total. The lowest BCUT2D eigenvalue weighted by molar-refractivity contribution is -0.121. The fourth-order valence-corrected chi connectivity index (χ4v) is 3.89. The predicted octanol–water partition coefficient (Wildman–Crippen LogP) is 2.01. The van der Waals surface area contributed by atoms with Crippen molar-refractivity contribution in [2.24, 2.45) is 0 Å². The Balaban J connectivity index is 1.85. The number of carbonyl (C=O) groups excluding carboxylic acids is 2. The van der Waals surface area contributed by atoms with E-state index in [4.69, 9.17) is 0 Å². The molecule has 0 saturated heterocycles. The summed E-state index contributed by atoms with van der Waals surface area (Å²) in [6, 6.07) is 6.08. The summed E-state index contributed by atoms with van der Waals surface area (Å²) < 4.78 is 26.9. The Bertz CT molecular complexity index is 694. The SMILES string of the molecule is CC(=O)c1cccc(S(=O)(=O)NCCC(=O)NC2CCCCC2)c1. The van der Waals surface area contributed by atoms with Crippen molar-refractivity contribution in [3.63, 3.8) is 0 Å². The highest BCUT2D eigenvalue weighted by molar-refractivity contribution is 7.89. The van der Waals surface area contributed by atoms with E-state index >= 15 is 0 Å². The topological polar surface area (TPSA) is 92.3 Å². The third-order valence-corrected chi connectivity index (χ3v) is 5.62. The number of Topliss-reactive ketones (excluding diaryl/α,β-unsaturated/α-hetero) is 1. The van der Waals surface area contributed by atoms with E-state index < -0.39 is 10.0 Å². The highest BCUT2D eigenvalue weighted by atomic mass is 32.2. The standard InChI is InChI=1S/C17H24N2O4S/c1-13(20)14-6-5-9-16(12-14)24(22,23)18-11-10-17(21)19-15-7-3-2-4-8-15/h5-6,9,12,15,18H,2-4,7-8,10-11H2,1H3,(H,19,21). The number of sulfonamides is 1. The molecule has 1 aromatic rings. The molecule has 0 radical (unpaired) electrons. The molecule has 0 heterocycles. The minimum atomic E-state index is -3.73. The Hall–Kier alpha value is -1.73. The number of hydrogen-bond donors (Lipinski definition) is 2. The maximum absolute atomic E-state index is 12.2. The highest BCUT2D eigenvalue weighted by Crippen LogP contribution is 2.17. The van der Waals surface area contributed by atoms with E-state index in [0.717, 1.165) is 25.7 Å². The summed E-state index contributed by atoms with van der Waals surface area (Å²) in [5.41, 5.74) is 0.341. The summed E-state index contributed by atoms with van der Waals surface area (Å²) in [6.45, 7) is 1.42. The van der Waals surface area contributed by atoms with Crippen LogP contribution in [0.4, 0.5) is 0 Å². The first-order valence-electron chi connectivity index (χ1n) is 8.28. The molecular formula is C17H24N2O4S. The average Bonchev–Trinajstić information content (AvgIpc) is 2.55. The second kappa shape index (κ2) is 8.39. The maximum atomic E-state index is 12.2. The van der Waals surface area contributed by atoms with Gasteiger partial charge in [0.1, 0.15) is 0 Å². The van der Waals surface area contributed by atoms with Crippen LogP contribution in [0.2, 0.25) is 0 Å². The minimum absolute atomic E-state index is 0.0305. The van der Waals surface area contributed by atoms with Gasteiger partial charge in [-0.2, -0.15) is 0 Å². The molecule has 0 unspecified atom stereocenters. The van der Waals surface area contributed by atoms with Gasteiger partial charge in [-0.1, -0.05) is 31.4 Å². The molecule has 1 amide bonds. The zero-order valence-electron chi connectivity index (χ0n) is 13.9. The van der Waals surface area contributed by atoms with E-state index in [1.165, 1.54) is 31.5 Å². The van der Waals surface area contributed by atoms with E-state index in [1.54, 1.807) is 6.07 Å². The van der Waals surface area contributed by atoms with E-state index in [2.05, 4.69) is 10.0 Å². The molecule has 1 aliphatic rings. The minimum Gasteiger partial charge on any atom is -0.353 e. The number of nitrogens with one attached hydrogen (secondary N) is 2. The zero-order chi connectivity index (χ0) is 17.6. The van der Waals surface area contributed by atoms with Crippen molar-refractivity contribution < 1.29 is 18.0 Å². The molecule has 132 valence electrons. The van der Waals surface area contributed by atoms with Gasteiger partial charge in [0, 0.05) is 24.6 Å². The van der Waals surface area contributed by atoms with Crippen molar-refractivity contribution in [3.05, 3.63) is 29.8 Å². The third kappa shape index (κ3) is 5.42. The molecule has 7 heteroatoms. The summed E-state index contributed by atoms with van der Waals surface area (Å²) in [6.07, 6.45) is 5.56. The van der Waals surface area contributed by atoms with Gasteiger partial charge in [0.25, 0.3) is 0 Å². The molecular weight excluding hydrogens is 328 g/mol. The number of carbonyl (C=O) groups is 2. The Morgan fingerprint density at radius 3 is 2.54 bits per heavy atom. The highest BCUT2D eigenvalue weighted by Gasteiger charge is 2.18. The molecule has 0 aromatic heterocycles. The molecule has 0 aliphatic heterocycles. The number of rotatable bonds is 7. The van der Waals surface area contributed by atoms with Gasteiger partial charge in [-0.25, -0.2) is 13.1 Å². The van der Waals surface area contributed by atoms with Crippen molar-refractivity contribution in [1.82, 2.24) is 10.0 Å². The van der Waals surface area contributed by atoms with Gasteiger partial charge in [0.05, 0.1) is 4.90 Å². The van der Waals surface area contributed by atoms with Crippen LogP contribution in [-0.2, 0) is 14.8 Å². The molecule has 6 nitrogen and oxygen atoms in total. The lowest BCUT2D eigenvalue weighted by Crippen LogP contribution is -2.38. The van der Waals surface area contributed by atoms with Crippen molar-refractivity contribution >= 4 is 21.7 Å². The van der Waals surface area contributed by atoms with Crippen LogP contribution >= 0.6 is 0 Å². The molecule has 0 atom stereocenters. The molecule has 0 spiro atoms. The lowest BCUT2D eigenvalue weighted by Gasteiger charge is -2.22. The normalized spacial score (nSPS) is 15.9. The van der Waals surface area contributed by atoms with Crippen molar-refractivity contribution in [3.8, 4) is 0 Å². The number of ketones is 1. The van der Waals surface area contributed by atoms with Gasteiger partial charge < -0.3 is 5.32 Å². The van der Waals surface area contributed by atoms with Crippen LogP contribution in [0.25, 0.3) is 0 Å². The van der Waals surface area contributed by atoms with Crippen LogP contribution in [0.1, 0.15) is 55.8 Å². The number of amides is 1. The summed E-state index contributed by atoms with van der Waals surface area (Å²) in [7, 11) is -3.73. The first kappa shape index (κ1) is 18.6. The van der Waals surface area contributed by atoms with Crippen molar-refractivity contribution in [1.29, 1.82) is 0 Å². The van der Waals surface area contributed by atoms with Gasteiger partial charge in [-0.3, -0.25) is 9.59 Å². The van der Waals surface area contributed by atoms with E-state index in [-0.39, 0.29) is 35.6 Å². The van der Waals surface area contributed by atoms with Crippen LogP contribution in [0.15, 0.2) is 29.2 Å². The summed E-state index contributed by atoms with van der Waals surface area (Å²) in [4.78, 5) is 23.3. The smallest absolute Gasteiger partial charge is 0.240 e. The van der Waals surface area contributed by atoms with Gasteiger partial charge >= 0.3 is 0 Å². The Kier molecular flexibility index (Phi) is 6.51. The van der Waals surface area contributed by atoms with E-state index in [9.17, 15) is 18.0 Å². The van der Waals surface area contributed by atoms with Gasteiger partial charge in [0.15, 0.2) is 5.78 Å². The Labute approximate surface area is 143 Å². The molecule has 1 saturated carbocycles. The Morgan fingerprint density at radius 1 is 1.17 bits per heavy atom. The van der Waals surface area contributed by atoms with Crippen molar-refractivity contribution in [2.75, 3.05) is 6.54 Å². The van der Waals surface area contributed by atoms with Gasteiger partial charge in [0.2, 0.25) is 15.9 Å². The lowest BCUT2D eigenvalue weighted by atomic mass is 9.95. The number of benzene rings is 1. The largest absolute Gasteiger partial charge is 0.353 e.